The number of carbonyl (C=O) groups is 1. The second-order valence-electron chi connectivity index (χ2n) is 7.93. The summed E-state index contributed by atoms with van der Waals surface area (Å²) < 4.78 is 9.89. The molecule has 30 heavy (non-hydrogen) atoms. The second kappa shape index (κ2) is 11.4. The van der Waals surface area contributed by atoms with E-state index in [1.807, 2.05) is 26.8 Å². The molecule has 0 aromatic carbocycles. The maximum Gasteiger partial charge on any atom is 0.293 e. The molecule has 0 aliphatic carbocycles. The molecule has 3 rings (SSSR count). The Balaban J connectivity index is 0.000000396. The molecular weight excluding hydrogens is 384 g/mol. The van der Waals surface area contributed by atoms with Gasteiger partial charge in [-0.2, -0.15) is 10.2 Å². The number of hydrogen-bond acceptors (Lipinski definition) is 9. The summed E-state index contributed by atoms with van der Waals surface area (Å²) in [6.07, 6.45) is 3.87. The van der Waals surface area contributed by atoms with Crippen LogP contribution in [-0.2, 0) is 16.1 Å². The van der Waals surface area contributed by atoms with Crippen molar-refractivity contribution in [3.05, 3.63) is 29.8 Å². The van der Waals surface area contributed by atoms with Crippen LogP contribution in [0.2, 0.25) is 0 Å². The average Bonchev–Trinajstić information content (AvgIpc) is 3.21. The normalized spacial score (nSPS) is 14.5. The van der Waals surface area contributed by atoms with Gasteiger partial charge in [-0.1, -0.05) is 12.1 Å². The third kappa shape index (κ3) is 7.54. The fourth-order valence-corrected chi connectivity index (χ4v) is 3.06. The number of nitriles is 1. The Hall–Kier alpha value is -2.83. The number of aromatic nitrogens is 3. The van der Waals surface area contributed by atoms with Crippen molar-refractivity contribution < 1.29 is 14.1 Å². The van der Waals surface area contributed by atoms with E-state index >= 15 is 0 Å². The summed E-state index contributed by atoms with van der Waals surface area (Å²) in [5.41, 5.74) is 0.745. The number of pyridine rings is 1. The second-order valence-corrected chi connectivity index (χ2v) is 7.93. The number of piperidine rings is 1. The summed E-state index contributed by atoms with van der Waals surface area (Å²) >= 11 is 0. The Morgan fingerprint density at radius 2 is 2.13 bits per heavy atom. The molecule has 1 aliphatic heterocycles. The molecule has 3 heterocycles. The smallest absolute Gasteiger partial charge is 0.293 e. The van der Waals surface area contributed by atoms with E-state index in [9.17, 15) is 4.79 Å². The van der Waals surface area contributed by atoms with Crippen molar-refractivity contribution in [2.45, 2.75) is 58.7 Å². The highest BCUT2D eigenvalue weighted by Gasteiger charge is 2.21. The number of hydrogen-bond donors (Lipinski definition) is 1. The molecule has 0 bridgehead atoms. The molecule has 1 saturated heterocycles. The molecule has 2 aromatic rings. The van der Waals surface area contributed by atoms with E-state index in [1.165, 1.54) is 0 Å². The van der Waals surface area contributed by atoms with Gasteiger partial charge in [0.15, 0.2) is 5.82 Å². The summed E-state index contributed by atoms with van der Waals surface area (Å²) in [4.78, 5) is 20.4. The van der Waals surface area contributed by atoms with Gasteiger partial charge in [-0.05, 0) is 65.4 Å². The Bertz CT molecular complexity index is 834. The van der Waals surface area contributed by atoms with Crippen LogP contribution in [0.4, 0.5) is 0 Å². The summed E-state index contributed by atoms with van der Waals surface area (Å²) in [7, 11) is 0. The Morgan fingerprint density at radius 1 is 1.40 bits per heavy atom. The number of nitrogens with zero attached hydrogens (tertiary/aromatic N) is 5. The van der Waals surface area contributed by atoms with E-state index in [1.54, 1.807) is 18.3 Å². The first-order valence-electron chi connectivity index (χ1n) is 10.1. The molecule has 0 saturated carbocycles. The molecule has 1 N–H and O–H groups in total. The van der Waals surface area contributed by atoms with Gasteiger partial charge in [0, 0.05) is 17.8 Å². The monoisotopic (exact) mass is 414 g/mol. The van der Waals surface area contributed by atoms with Gasteiger partial charge in [-0.15, -0.1) is 0 Å². The van der Waals surface area contributed by atoms with Crippen molar-refractivity contribution in [3.63, 3.8) is 0 Å². The van der Waals surface area contributed by atoms with Crippen LogP contribution in [0.25, 0.3) is 11.5 Å². The largest absolute Gasteiger partial charge is 0.462 e. The minimum Gasteiger partial charge on any atom is -0.462 e. The standard InChI is InChI=1S/C16H20N6O.C5H10O2/c1-2-22(14-4-6-18-7-5-14)11-15-20-16(23-21-15)12-3-8-19-13(9-12)10-17;1-5(2,3)7-4-6/h3,8-9,14,18H,2,4-7,11H2,1H3;4H,1-3H3. The minimum atomic E-state index is -0.318. The van der Waals surface area contributed by atoms with E-state index in [0.29, 0.717) is 36.5 Å². The molecule has 0 amide bonds. The first-order chi connectivity index (χ1) is 14.4. The lowest BCUT2D eigenvalue weighted by Gasteiger charge is -2.32. The van der Waals surface area contributed by atoms with Crippen molar-refractivity contribution in [3.8, 4) is 17.5 Å². The number of rotatable bonds is 6. The summed E-state index contributed by atoms with van der Waals surface area (Å²) in [5.74, 6) is 1.11. The van der Waals surface area contributed by atoms with Gasteiger partial charge in [0.25, 0.3) is 12.4 Å². The first-order valence-corrected chi connectivity index (χ1v) is 10.1. The molecule has 1 fully saturated rings. The molecule has 0 unspecified atom stereocenters. The van der Waals surface area contributed by atoms with Crippen molar-refractivity contribution in [2.24, 2.45) is 0 Å². The van der Waals surface area contributed by atoms with Gasteiger partial charge >= 0.3 is 0 Å². The van der Waals surface area contributed by atoms with Crippen LogP contribution < -0.4 is 5.32 Å². The van der Waals surface area contributed by atoms with Gasteiger partial charge in [0.2, 0.25) is 0 Å². The lowest BCUT2D eigenvalue weighted by molar-refractivity contribution is -0.138. The summed E-state index contributed by atoms with van der Waals surface area (Å²) in [5, 5.41) is 16.4. The van der Waals surface area contributed by atoms with Gasteiger partial charge in [-0.3, -0.25) is 9.69 Å². The van der Waals surface area contributed by atoms with Crippen LogP contribution in [0.5, 0.6) is 0 Å². The zero-order valence-corrected chi connectivity index (χ0v) is 18.1. The lowest BCUT2D eigenvalue weighted by atomic mass is 10.0. The number of ether oxygens (including phenoxy) is 1. The van der Waals surface area contributed by atoms with Crippen molar-refractivity contribution >= 4 is 6.47 Å². The van der Waals surface area contributed by atoms with Crippen LogP contribution in [0.3, 0.4) is 0 Å². The van der Waals surface area contributed by atoms with E-state index in [2.05, 4.69) is 37.0 Å². The Kier molecular flexibility index (Phi) is 8.89. The molecule has 9 nitrogen and oxygen atoms in total. The molecule has 162 valence electrons. The predicted octanol–water partition coefficient (Wildman–Crippen LogP) is 2.54. The topological polar surface area (TPSA) is 117 Å². The maximum absolute atomic E-state index is 9.60. The molecule has 1 aliphatic rings. The fraction of sp³-hybridized carbons (Fsp3) is 0.571. The predicted molar refractivity (Wildman–Crippen MR) is 111 cm³/mol. The average molecular weight is 415 g/mol. The fourth-order valence-electron chi connectivity index (χ4n) is 3.06. The van der Waals surface area contributed by atoms with Crippen molar-refractivity contribution in [2.75, 3.05) is 19.6 Å². The van der Waals surface area contributed by atoms with Crippen LogP contribution in [0, 0.1) is 11.3 Å². The van der Waals surface area contributed by atoms with Crippen molar-refractivity contribution in [1.82, 2.24) is 25.3 Å². The minimum absolute atomic E-state index is 0.318. The zero-order chi connectivity index (χ0) is 22.0. The molecule has 9 heteroatoms. The Morgan fingerprint density at radius 3 is 2.70 bits per heavy atom. The quantitative estimate of drug-likeness (QED) is 0.711. The van der Waals surface area contributed by atoms with Crippen LogP contribution >= 0.6 is 0 Å². The van der Waals surface area contributed by atoms with Crippen molar-refractivity contribution in [1.29, 1.82) is 5.26 Å². The van der Waals surface area contributed by atoms with E-state index in [4.69, 9.17) is 9.78 Å². The highest BCUT2D eigenvalue weighted by molar-refractivity contribution is 5.53. The van der Waals surface area contributed by atoms with E-state index < -0.39 is 0 Å². The Labute approximate surface area is 177 Å². The summed E-state index contributed by atoms with van der Waals surface area (Å²) in [6, 6.07) is 6.00. The van der Waals surface area contributed by atoms with Gasteiger partial charge in [0.05, 0.1) is 6.54 Å². The lowest BCUT2D eigenvalue weighted by Crippen LogP contribution is -2.42. The van der Waals surface area contributed by atoms with Gasteiger partial charge in [0.1, 0.15) is 17.4 Å². The maximum atomic E-state index is 9.60. The summed E-state index contributed by atoms with van der Waals surface area (Å²) in [6.45, 7) is 11.8. The number of carbonyl (C=O) groups excluding carboxylic acids is 1. The van der Waals surface area contributed by atoms with Gasteiger partial charge < -0.3 is 14.6 Å². The van der Waals surface area contributed by atoms with Crippen LogP contribution in [0.1, 0.15) is 52.1 Å². The molecular formula is C21H30N6O3. The van der Waals surface area contributed by atoms with Gasteiger partial charge in [-0.25, -0.2) is 4.98 Å². The van der Waals surface area contributed by atoms with E-state index in [0.717, 1.165) is 38.0 Å². The number of nitrogens with one attached hydrogen (secondary N) is 1. The highest BCUT2D eigenvalue weighted by atomic mass is 16.5. The first kappa shape index (κ1) is 23.4. The van der Waals surface area contributed by atoms with Crippen LogP contribution in [-0.4, -0.2) is 57.8 Å². The molecule has 2 aromatic heterocycles. The third-order valence-corrected chi connectivity index (χ3v) is 4.57. The van der Waals surface area contributed by atoms with E-state index in [-0.39, 0.29) is 5.60 Å². The third-order valence-electron chi connectivity index (χ3n) is 4.57. The molecule has 0 atom stereocenters. The highest BCUT2D eigenvalue weighted by Crippen LogP contribution is 2.19. The zero-order valence-electron chi connectivity index (χ0n) is 18.1. The molecule has 0 radical (unpaired) electrons. The molecule has 0 spiro atoms. The SMILES string of the molecule is CC(C)(C)OC=O.CCN(Cc1noc(-c2ccnc(C#N)c2)n1)C1CCNCC1. The van der Waals surface area contributed by atoms with Crippen LogP contribution in [0.15, 0.2) is 22.9 Å².